The van der Waals surface area contributed by atoms with Gasteiger partial charge in [0.25, 0.3) is 5.67 Å². The highest BCUT2D eigenvalue weighted by Crippen LogP contribution is 2.43. The molecule has 3 saturated heterocycles. The van der Waals surface area contributed by atoms with Crippen LogP contribution in [0.2, 0.25) is 0 Å². The van der Waals surface area contributed by atoms with Crippen molar-refractivity contribution in [2.24, 2.45) is 17.8 Å². The number of alkyl halides is 1. The summed E-state index contributed by atoms with van der Waals surface area (Å²) in [5.74, 6) is -5.79. The number of hydrogen-bond acceptors (Lipinski definition) is 13. The molecule has 4 rings (SSSR count). The summed E-state index contributed by atoms with van der Waals surface area (Å²) in [7, 11) is 1.40. The Balaban J connectivity index is 1.74. The highest BCUT2D eigenvalue weighted by atomic mass is 19.1. The molecule has 0 radical (unpaired) electrons. The first-order valence-electron chi connectivity index (χ1n) is 19.2. The normalized spacial score (nSPS) is 39.8. The number of fused-ring (bicyclic) bond motifs is 1. The Hall–Kier alpha value is -3.08. The van der Waals surface area contributed by atoms with Crippen molar-refractivity contribution in [2.45, 2.75) is 148 Å². The number of carbonyl (C=O) groups excluding carboxylic acids is 4. The average molecular weight is 765 g/mol. The largest absolute Gasteiger partial charge is 0.455 e. The Morgan fingerprint density at radius 2 is 1.80 bits per heavy atom. The fourth-order valence-corrected chi connectivity index (χ4v) is 8.62. The van der Waals surface area contributed by atoms with Crippen LogP contribution in [0.5, 0.6) is 0 Å². The number of nitrogens with zero attached hydrogens (tertiary/aromatic N) is 2. The summed E-state index contributed by atoms with van der Waals surface area (Å²) in [6.07, 6.45) is -1.99. The molecule has 3 N–H and O–H groups in total. The number of methoxy groups -OCH3 is 1. The summed E-state index contributed by atoms with van der Waals surface area (Å²) in [6, 6.07) is 2.41. The van der Waals surface area contributed by atoms with Crippen molar-refractivity contribution in [1.29, 1.82) is 0 Å². The summed E-state index contributed by atoms with van der Waals surface area (Å²) in [5, 5.41) is 17.8. The van der Waals surface area contributed by atoms with Crippen LogP contribution in [0.4, 0.5) is 9.18 Å². The number of aliphatic hydroxyl groups is 1. The van der Waals surface area contributed by atoms with Crippen LogP contribution >= 0.6 is 0 Å². The maximum absolute atomic E-state index is 16.8. The molecule has 1 amide bonds. The average Bonchev–Trinajstić information content (AvgIpc) is 3.40. The number of pyridine rings is 1. The van der Waals surface area contributed by atoms with E-state index in [2.05, 4.69) is 15.6 Å². The molecule has 13 atom stereocenters. The minimum atomic E-state index is -3.17. The van der Waals surface area contributed by atoms with E-state index in [0.717, 1.165) is 12.5 Å². The zero-order chi connectivity index (χ0) is 40.2. The lowest BCUT2D eigenvalue weighted by molar-refractivity contribution is -0.290. The van der Waals surface area contributed by atoms with Crippen molar-refractivity contribution in [2.75, 3.05) is 26.7 Å². The van der Waals surface area contributed by atoms with Crippen molar-refractivity contribution < 1.29 is 52.4 Å². The van der Waals surface area contributed by atoms with Gasteiger partial charge in [0.1, 0.15) is 18.0 Å². The van der Waals surface area contributed by atoms with Crippen LogP contribution in [-0.2, 0) is 44.6 Å². The number of halogens is 1. The molecular weight excluding hydrogens is 703 g/mol. The van der Waals surface area contributed by atoms with E-state index in [9.17, 15) is 24.3 Å². The van der Waals surface area contributed by atoms with Crippen molar-refractivity contribution >= 4 is 23.6 Å². The number of ether oxygens (including phenoxy) is 5. The zero-order valence-corrected chi connectivity index (χ0v) is 33.4. The lowest BCUT2D eigenvalue weighted by Gasteiger charge is -2.46. The summed E-state index contributed by atoms with van der Waals surface area (Å²) in [5.41, 5.74) is -5.26. The second-order valence-electron chi connectivity index (χ2n) is 15.8. The predicted octanol–water partition coefficient (Wildman–Crippen LogP) is 3.52. The molecule has 0 saturated carbocycles. The molecule has 0 spiro atoms. The molecule has 3 fully saturated rings. The molecule has 3 aliphatic rings. The van der Waals surface area contributed by atoms with Gasteiger partial charge in [-0.05, 0) is 65.1 Å². The second-order valence-corrected chi connectivity index (χ2v) is 15.8. The van der Waals surface area contributed by atoms with Gasteiger partial charge < -0.3 is 39.4 Å². The fraction of sp³-hybridized carbons (Fsp3) is 0.769. The Morgan fingerprint density at radius 3 is 2.41 bits per heavy atom. The van der Waals surface area contributed by atoms with Gasteiger partial charge in [-0.3, -0.25) is 19.5 Å². The first kappa shape index (κ1) is 43.6. The van der Waals surface area contributed by atoms with Gasteiger partial charge in [-0.15, -0.1) is 0 Å². The number of Topliss-reactive ketones (excluding diaryl/α,β-unsaturated/α-hetero) is 2. The molecule has 0 aliphatic carbocycles. The quantitative estimate of drug-likeness (QED) is 0.170. The second kappa shape index (κ2) is 17.8. The Bertz CT molecular complexity index is 1470. The van der Waals surface area contributed by atoms with Gasteiger partial charge in [-0.1, -0.05) is 40.7 Å². The van der Waals surface area contributed by atoms with Crippen LogP contribution in [0.3, 0.4) is 0 Å². The number of rotatable bonds is 11. The third kappa shape index (κ3) is 8.97. The van der Waals surface area contributed by atoms with E-state index >= 15 is 4.39 Å². The highest BCUT2D eigenvalue weighted by Gasteiger charge is 2.61. The molecular formula is C39H61FN4O10. The number of esters is 1. The van der Waals surface area contributed by atoms with Crippen LogP contribution in [0.25, 0.3) is 0 Å². The van der Waals surface area contributed by atoms with Crippen molar-refractivity contribution in [1.82, 2.24) is 20.5 Å². The number of nitrogens with one attached hydrogen (secondary N) is 2. The van der Waals surface area contributed by atoms with Gasteiger partial charge >= 0.3 is 12.1 Å². The number of aliphatic hydroxyl groups excluding tert-OH is 1. The van der Waals surface area contributed by atoms with Crippen LogP contribution in [-0.4, -0.2) is 125 Å². The van der Waals surface area contributed by atoms with E-state index in [1.807, 2.05) is 26.0 Å². The van der Waals surface area contributed by atoms with Crippen molar-refractivity contribution in [3.63, 3.8) is 0 Å². The molecule has 3 aliphatic heterocycles. The fourth-order valence-electron chi connectivity index (χ4n) is 8.62. The first-order chi connectivity index (χ1) is 25.4. The van der Waals surface area contributed by atoms with E-state index in [4.69, 9.17) is 23.7 Å². The van der Waals surface area contributed by atoms with E-state index in [-0.39, 0.29) is 31.3 Å². The van der Waals surface area contributed by atoms with Crippen molar-refractivity contribution in [3.05, 3.63) is 30.1 Å². The lowest BCUT2D eigenvalue weighted by atomic mass is 9.73. The molecule has 4 heterocycles. The molecule has 54 heavy (non-hydrogen) atoms. The number of cyclic esters (lactones) is 1. The number of carbonyl (C=O) groups is 4. The van der Waals surface area contributed by atoms with Gasteiger partial charge in [0.15, 0.2) is 17.7 Å². The molecule has 1 unspecified atom stereocenters. The SMILES string of the molecule is CCN[C@H]1C[C@@H](C)O[C@@H](O[C@@H]2[C@H](C)C(=O)[C@](C)(F)C(=O)O[C@H](CC)[C@@]3(C)OC(=O)N(CCNCc4cccnc4)C3[C@@H](C)C(=O)[C@H](C)C[C@@]2(C)OC)[C@H]1O. The highest BCUT2D eigenvalue weighted by molar-refractivity contribution is 6.08. The maximum Gasteiger partial charge on any atom is 0.410 e. The topological polar surface area (TPSA) is 175 Å². The van der Waals surface area contributed by atoms with Crippen molar-refractivity contribution in [3.8, 4) is 0 Å². The number of amides is 1. The molecule has 14 nitrogen and oxygen atoms in total. The van der Waals surface area contributed by atoms with E-state index in [1.165, 1.54) is 18.9 Å². The molecule has 15 heteroatoms. The Morgan fingerprint density at radius 1 is 1.09 bits per heavy atom. The molecule has 1 aromatic heterocycles. The number of ketones is 2. The molecule has 0 bridgehead atoms. The van der Waals surface area contributed by atoms with Crippen LogP contribution in [0, 0.1) is 17.8 Å². The van der Waals surface area contributed by atoms with Gasteiger partial charge in [-0.2, -0.15) is 0 Å². The number of hydrogen-bond donors (Lipinski definition) is 3. The standard InChI is InChI=1S/C39H61FN4O10/c1-11-28-39(9)31(44(36(49)54-39)17-16-42-21-26-14-13-15-41-20-26)24(5)29(45)22(3)19-37(7,50-10)33(25(6)32(47)38(8,40)35(48)52-28)53-34-30(46)27(43-12-2)18-23(4)51-34/h13-15,20,22-25,27-28,30-31,33-34,42-43,46H,11-12,16-19,21H2,1-10H3/t22-,23-,24+,25-,27+,28-,30+,31?,33-,34+,37-,38+,39-/m1/s1. The summed E-state index contributed by atoms with van der Waals surface area (Å²) in [6.45, 7) is 15.9. The van der Waals surface area contributed by atoms with Gasteiger partial charge in [0.05, 0.1) is 23.9 Å². The summed E-state index contributed by atoms with van der Waals surface area (Å²) in [4.78, 5) is 61.8. The predicted molar refractivity (Wildman–Crippen MR) is 196 cm³/mol. The summed E-state index contributed by atoms with van der Waals surface area (Å²) < 4.78 is 47.1. The lowest BCUT2D eigenvalue weighted by Crippen LogP contribution is -2.62. The maximum atomic E-state index is 16.8. The first-order valence-corrected chi connectivity index (χ1v) is 19.2. The van der Waals surface area contributed by atoms with E-state index < -0.39 is 89.2 Å². The van der Waals surface area contributed by atoms with E-state index in [0.29, 0.717) is 26.1 Å². The van der Waals surface area contributed by atoms with E-state index in [1.54, 1.807) is 47.0 Å². The molecule has 1 aromatic rings. The summed E-state index contributed by atoms with van der Waals surface area (Å²) >= 11 is 0. The Kier molecular flexibility index (Phi) is 14.4. The van der Waals surface area contributed by atoms with Gasteiger partial charge in [-0.25, -0.2) is 14.0 Å². The van der Waals surface area contributed by atoms with Gasteiger partial charge in [0, 0.05) is 62.9 Å². The Labute approximate surface area is 318 Å². The third-order valence-corrected chi connectivity index (χ3v) is 11.6. The van der Waals surface area contributed by atoms with Crippen LogP contribution in [0.1, 0.15) is 87.1 Å². The molecule has 304 valence electrons. The van der Waals surface area contributed by atoms with Crippen LogP contribution in [0.15, 0.2) is 24.5 Å². The van der Waals surface area contributed by atoms with Gasteiger partial charge in [0.2, 0.25) is 0 Å². The zero-order valence-electron chi connectivity index (χ0n) is 33.4. The smallest absolute Gasteiger partial charge is 0.410 e. The molecule has 0 aromatic carbocycles. The number of likely N-dealkylation sites (N-methyl/N-ethyl adjacent to an activating group) is 1. The van der Waals surface area contributed by atoms with Crippen LogP contribution < -0.4 is 10.6 Å². The monoisotopic (exact) mass is 764 g/mol. The number of aromatic nitrogens is 1. The third-order valence-electron chi connectivity index (χ3n) is 11.6. The minimum Gasteiger partial charge on any atom is -0.455 e. The minimum absolute atomic E-state index is 0.000472.